The van der Waals surface area contributed by atoms with Crippen molar-refractivity contribution in [3.63, 3.8) is 0 Å². The molecule has 0 spiro atoms. The highest BCUT2D eigenvalue weighted by atomic mass is 16.5. The highest BCUT2D eigenvalue weighted by Gasteiger charge is 2.22. The molecule has 0 unspecified atom stereocenters. The Morgan fingerprint density at radius 1 is 1.00 bits per heavy atom. The fraction of sp³-hybridized carbons (Fsp3) is 0.192. The lowest BCUT2D eigenvalue weighted by Crippen LogP contribution is -2.37. The van der Waals surface area contributed by atoms with Crippen LogP contribution in [-0.4, -0.2) is 34.0 Å². The fourth-order valence-corrected chi connectivity index (χ4v) is 4.30. The van der Waals surface area contributed by atoms with E-state index in [1.54, 1.807) is 42.3 Å². The van der Waals surface area contributed by atoms with Gasteiger partial charge in [-0.05, 0) is 53.4 Å². The maximum absolute atomic E-state index is 13.1. The van der Waals surface area contributed by atoms with Gasteiger partial charge in [-0.2, -0.15) is 0 Å². The van der Waals surface area contributed by atoms with E-state index in [2.05, 4.69) is 11.1 Å². The Kier molecular flexibility index (Phi) is 5.30. The summed E-state index contributed by atoms with van der Waals surface area (Å²) in [6.45, 7) is 1.32. The molecule has 2 heterocycles. The van der Waals surface area contributed by atoms with E-state index in [1.165, 1.54) is 5.56 Å². The van der Waals surface area contributed by atoms with Crippen molar-refractivity contribution in [1.82, 2.24) is 14.5 Å². The predicted octanol–water partition coefficient (Wildman–Crippen LogP) is 2.95. The van der Waals surface area contributed by atoms with Crippen LogP contribution in [0.25, 0.3) is 10.9 Å². The van der Waals surface area contributed by atoms with Crippen LogP contribution in [0.1, 0.15) is 27.0 Å². The van der Waals surface area contributed by atoms with Crippen molar-refractivity contribution in [2.24, 2.45) is 0 Å². The van der Waals surface area contributed by atoms with Crippen LogP contribution in [-0.2, 0) is 19.5 Å². The number of carbonyl (C=O) groups excluding carboxylic acids is 1. The first-order valence-electron chi connectivity index (χ1n) is 10.8. The summed E-state index contributed by atoms with van der Waals surface area (Å²) in [5.74, 6) is 0.586. The summed E-state index contributed by atoms with van der Waals surface area (Å²) >= 11 is 0. The van der Waals surface area contributed by atoms with Gasteiger partial charge in [0.05, 0.1) is 24.6 Å². The molecule has 4 aromatic rings. The van der Waals surface area contributed by atoms with E-state index < -0.39 is 11.2 Å². The number of hydrogen-bond donors (Lipinski definition) is 1. The standard InChI is InChI=1S/C26H23N3O4/c1-33-21-9-6-17(7-10-21)15-29-25(31)22-11-8-19(14-23(22)27-26(29)32)24(30)28-13-12-18-4-2-3-5-20(18)16-28/h2-11,14H,12-13,15-16H2,1H3,(H,27,32). The number of H-pyrrole nitrogens is 1. The molecule has 1 amide bonds. The van der Waals surface area contributed by atoms with Crippen molar-refractivity contribution in [2.45, 2.75) is 19.5 Å². The lowest BCUT2D eigenvalue weighted by Gasteiger charge is -2.29. The van der Waals surface area contributed by atoms with Crippen LogP contribution in [0.5, 0.6) is 5.75 Å². The van der Waals surface area contributed by atoms with E-state index >= 15 is 0 Å². The van der Waals surface area contributed by atoms with Crippen LogP contribution in [0.2, 0.25) is 0 Å². The molecule has 0 saturated carbocycles. The number of hydrogen-bond acceptors (Lipinski definition) is 4. The molecular weight excluding hydrogens is 418 g/mol. The molecule has 1 aliphatic heterocycles. The van der Waals surface area contributed by atoms with Crippen molar-refractivity contribution >= 4 is 16.8 Å². The van der Waals surface area contributed by atoms with Gasteiger partial charge < -0.3 is 14.6 Å². The minimum absolute atomic E-state index is 0.116. The van der Waals surface area contributed by atoms with Crippen molar-refractivity contribution in [1.29, 1.82) is 0 Å². The van der Waals surface area contributed by atoms with Gasteiger partial charge in [-0.1, -0.05) is 36.4 Å². The third kappa shape index (κ3) is 3.93. The number of fused-ring (bicyclic) bond motifs is 2. The van der Waals surface area contributed by atoms with E-state index in [9.17, 15) is 14.4 Å². The number of benzene rings is 3. The molecule has 0 saturated heterocycles. The fourth-order valence-electron chi connectivity index (χ4n) is 4.30. The number of ether oxygens (including phenoxy) is 1. The minimum atomic E-state index is -0.514. The summed E-state index contributed by atoms with van der Waals surface area (Å²) in [5.41, 5.74) is 3.12. The number of methoxy groups -OCH3 is 1. The van der Waals surface area contributed by atoms with Crippen LogP contribution in [0, 0.1) is 0 Å². The van der Waals surface area contributed by atoms with Crippen LogP contribution >= 0.6 is 0 Å². The highest BCUT2D eigenvalue weighted by Crippen LogP contribution is 2.21. The number of aromatic nitrogens is 2. The molecule has 166 valence electrons. The Morgan fingerprint density at radius 3 is 2.52 bits per heavy atom. The Morgan fingerprint density at radius 2 is 1.76 bits per heavy atom. The zero-order valence-electron chi connectivity index (χ0n) is 18.2. The second-order valence-corrected chi connectivity index (χ2v) is 8.18. The monoisotopic (exact) mass is 441 g/mol. The number of nitrogens with zero attached hydrogens (tertiary/aromatic N) is 2. The van der Waals surface area contributed by atoms with Gasteiger partial charge in [0.1, 0.15) is 5.75 Å². The Bertz CT molecular complexity index is 1470. The maximum Gasteiger partial charge on any atom is 0.329 e. The SMILES string of the molecule is COc1ccc(Cn2c(=O)[nH]c3cc(C(=O)N4CCc5ccccc5C4)ccc3c2=O)cc1. The molecule has 0 bridgehead atoms. The van der Waals surface area contributed by atoms with Gasteiger partial charge in [0.25, 0.3) is 11.5 Å². The molecule has 7 heteroatoms. The van der Waals surface area contributed by atoms with Crippen LogP contribution in [0.15, 0.2) is 76.3 Å². The van der Waals surface area contributed by atoms with Gasteiger partial charge in [-0.3, -0.25) is 14.2 Å². The average molecular weight is 441 g/mol. The van der Waals surface area contributed by atoms with Gasteiger partial charge >= 0.3 is 5.69 Å². The molecule has 7 nitrogen and oxygen atoms in total. The molecule has 3 aromatic carbocycles. The first-order valence-corrected chi connectivity index (χ1v) is 10.8. The van der Waals surface area contributed by atoms with E-state index in [4.69, 9.17) is 4.74 Å². The van der Waals surface area contributed by atoms with Gasteiger partial charge in [0, 0.05) is 18.7 Å². The molecule has 0 fully saturated rings. The lowest BCUT2D eigenvalue weighted by atomic mass is 9.99. The molecular formula is C26H23N3O4. The van der Waals surface area contributed by atoms with E-state index in [-0.39, 0.29) is 12.5 Å². The summed E-state index contributed by atoms with van der Waals surface area (Å²) in [4.78, 5) is 43.4. The van der Waals surface area contributed by atoms with Crippen molar-refractivity contribution in [3.8, 4) is 5.75 Å². The number of amides is 1. The Balaban J connectivity index is 1.44. The van der Waals surface area contributed by atoms with Crippen molar-refractivity contribution < 1.29 is 9.53 Å². The van der Waals surface area contributed by atoms with Crippen LogP contribution in [0.3, 0.4) is 0 Å². The van der Waals surface area contributed by atoms with E-state index in [0.717, 1.165) is 22.1 Å². The number of rotatable bonds is 4. The number of aromatic amines is 1. The largest absolute Gasteiger partial charge is 0.497 e. The third-order valence-corrected chi connectivity index (χ3v) is 6.15. The van der Waals surface area contributed by atoms with E-state index in [1.807, 2.05) is 30.3 Å². The zero-order chi connectivity index (χ0) is 22.9. The summed E-state index contributed by atoms with van der Waals surface area (Å²) < 4.78 is 6.31. The average Bonchev–Trinajstić information content (AvgIpc) is 2.85. The second kappa shape index (κ2) is 8.43. The number of nitrogens with one attached hydrogen (secondary N) is 1. The summed E-state index contributed by atoms with van der Waals surface area (Å²) in [6, 6.07) is 20.2. The molecule has 33 heavy (non-hydrogen) atoms. The first kappa shape index (κ1) is 20.8. The maximum atomic E-state index is 13.1. The third-order valence-electron chi connectivity index (χ3n) is 6.15. The van der Waals surface area contributed by atoms with Gasteiger partial charge in [-0.25, -0.2) is 4.79 Å². The molecule has 0 atom stereocenters. The molecule has 0 aliphatic carbocycles. The molecule has 5 rings (SSSR count). The van der Waals surface area contributed by atoms with Crippen molar-refractivity contribution in [2.75, 3.05) is 13.7 Å². The highest BCUT2D eigenvalue weighted by molar-refractivity contribution is 5.97. The molecule has 1 aliphatic rings. The summed E-state index contributed by atoms with van der Waals surface area (Å²) in [7, 11) is 1.58. The van der Waals surface area contributed by atoms with E-state index in [0.29, 0.717) is 35.3 Å². The predicted molar refractivity (Wildman–Crippen MR) is 126 cm³/mol. The molecule has 1 N–H and O–H groups in total. The van der Waals surface area contributed by atoms with Gasteiger partial charge in [0.15, 0.2) is 0 Å². The lowest BCUT2D eigenvalue weighted by molar-refractivity contribution is 0.0735. The Labute approximate surface area is 189 Å². The van der Waals surface area contributed by atoms with Gasteiger partial charge in [0.2, 0.25) is 0 Å². The topological polar surface area (TPSA) is 84.4 Å². The van der Waals surface area contributed by atoms with Gasteiger partial charge in [-0.15, -0.1) is 0 Å². The van der Waals surface area contributed by atoms with Crippen LogP contribution in [0.4, 0.5) is 0 Å². The Hall–Kier alpha value is -4.13. The molecule has 1 aromatic heterocycles. The summed E-state index contributed by atoms with van der Waals surface area (Å²) in [5, 5.41) is 0.364. The number of carbonyl (C=O) groups is 1. The second-order valence-electron chi connectivity index (χ2n) is 8.18. The zero-order valence-corrected chi connectivity index (χ0v) is 18.2. The minimum Gasteiger partial charge on any atom is -0.497 e. The van der Waals surface area contributed by atoms with Crippen molar-refractivity contribution in [3.05, 3.63) is 110 Å². The first-order chi connectivity index (χ1) is 16.0. The smallest absolute Gasteiger partial charge is 0.329 e. The summed E-state index contributed by atoms with van der Waals surface area (Å²) in [6.07, 6.45) is 0.808. The quantitative estimate of drug-likeness (QED) is 0.528. The molecule has 0 radical (unpaired) electrons. The normalized spacial score (nSPS) is 13.1. The van der Waals surface area contributed by atoms with Crippen LogP contribution < -0.4 is 16.0 Å².